The molecule has 0 saturated carbocycles. The third kappa shape index (κ3) is 4.30. The Labute approximate surface area is 139 Å². The van der Waals surface area contributed by atoms with Gasteiger partial charge >= 0.3 is 4.87 Å². The highest BCUT2D eigenvalue weighted by atomic mass is 32.1. The van der Waals surface area contributed by atoms with E-state index < -0.39 is 5.60 Å². The molecule has 0 radical (unpaired) electrons. The van der Waals surface area contributed by atoms with Crippen molar-refractivity contribution in [2.75, 3.05) is 6.54 Å². The molecular weight excluding hydrogens is 312 g/mol. The van der Waals surface area contributed by atoms with E-state index in [0.717, 1.165) is 16.1 Å². The number of carbonyl (C=O) groups is 1. The van der Waals surface area contributed by atoms with Crippen molar-refractivity contribution in [3.63, 3.8) is 0 Å². The molecule has 1 amide bonds. The smallest absolute Gasteiger partial charge is 0.307 e. The minimum atomic E-state index is -1.12. The van der Waals surface area contributed by atoms with E-state index in [2.05, 4.69) is 5.32 Å². The van der Waals surface area contributed by atoms with Crippen molar-refractivity contribution in [1.82, 2.24) is 9.88 Å². The van der Waals surface area contributed by atoms with Gasteiger partial charge in [-0.3, -0.25) is 9.59 Å². The summed E-state index contributed by atoms with van der Waals surface area (Å²) >= 11 is 1.20. The van der Waals surface area contributed by atoms with Gasteiger partial charge in [0.25, 0.3) is 0 Å². The lowest BCUT2D eigenvalue weighted by Gasteiger charge is -2.24. The van der Waals surface area contributed by atoms with Gasteiger partial charge in [0.1, 0.15) is 5.60 Å². The molecule has 2 aromatic rings. The lowest BCUT2D eigenvalue weighted by molar-refractivity contribution is -0.122. The molecule has 0 aliphatic rings. The largest absolute Gasteiger partial charge is 0.384 e. The fraction of sp³-hybridized carbons (Fsp3) is 0.412. The zero-order chi connectivity index (χ0) is 17.0. The van der Waals surface area contributed by atoms with Crippen molar-refractivity contribution in [2.45, 2.75) is 39.3 Å². The summed E-state index contributed by atoms with van der Waals surface area (Å²) in [6, 6.07) is 9.22. The van der Waals surface area contributed by atoms with Crippen LogP contribution in [0.4, 0.5) is 0 Å². The average Bonchev–Trinajstić information content (AvgIpc) is 2.77. The normalized spacial score (nSPS) is 13.6. The Morgan fingerprint density at radius 3 is 2.52 bits per heavy atom. The van der Waals surface area contributed by atoms with Crippen LogP contribution in [0.5, 0.6) is 0 Å². The molecule has 1 aromatic heterocycles. The maximum atomic E-state index is 12.0. The molecule has 6 heteroatoms. The van der Waals surface area contributed by atoms with Crippen LogP contribution in [0.2, 0.25) is 0 Å². The monoisotopic (exact) mass is 334 g/mol. The SMILES string of the molecule is Cc1sc(=O)n(CCC(=O)NC[C@@](C)(O)c2ccccc2)c1C. The molecule has 23 heavy (non-hydrogen) atoms. The Balaban J connectivity index is 1.89. The number of hydrogen-bond donors (Lipinski definition) is 2. The summed E-state index contributed by atoms with van der Waals surface area (Å²) in [5, 5.41) is 13.2. The van der Waals surface area contributed by atoms with Gasteiger partial charge in [0.2, 0.25) is 5.91 Å². The molecule has 0 aliphatic carbocycles. The number of amides is 1. The topological polar surface area (TPSA) is 71.3 Å². The molecule has 1 aromatic carbocycles. The van der Waals surface area contributed by atoms with Gasteiger partial charge in [-0.15, -0.1) is 0 Å². The molecule has 0 fully saturated rings. The summed E-state index contributed by atoms with van der Waals surface area (Å²) in [5.41, 5.74) is 0.535. The second-order valence-electron chi connectivity index (χ2n) is 5.83. The molecule has 1 heterocycles. The van der Waals surface area contributed by atoms with Gasteiger partial charge in [0.05, 0.1) is 6.54 Å². The van der Waals surface area contributed by atoms with Crippen LogP contribution in [0.15, 0.2) is 35.1 Å². The number of aliphatic hydroxyl groups is 1. The van der Waals surface area contributed by atoms with Crippen LogP contribution >= 0.6 is 11.3 Å². The van der Waals surface area contributed by atoms with Gasteiger partial charge in [-0.05, 0) is 26.3 Å². The molecule has 2 N–H and O–H groups in total. The van der Waals surface area contributed by atoms with E-state index >= 15 is 0 Å². The molecule has 1 atom stereocenters. The van der Waals surface area contributed by atoms with Crippen LogP contribution in [-0.2, 0) is 16.9 Å². The lowest BCUT2D eigenvalue weighted by Crippen LogP contribution is -2.39. The third-order valence-electron chi connectivity index (χ3n) is 3.96. The van der Waals surface area contributed by atoms with Gasteiger partial charge in [-0.1, -0.05) is 41.7 Å². The summed E-state index contributed by atoms with van der Waals surface area (Å²) in [7, 11) is 0. The fourth-order valence-electron chi connectivity index (χ4n) is 2.32. The standard InChI is InChI=1S/C17H22N2O3S/c1-12-13(2)23-16(21)19(12)10-9-15(20)18-11-17(3,22)14-7-5-4-6-8-14/h4-8,22H,9-11H2,1-3H3,(H,18,20)/t17-/m1/s1. The Hall–Kier alpha value is -1.92. The minimum Gasteiger partial charge on any atom is -0.384 e. The first-order chi connectivity index (χ1) is 10.8. The number of benzene rings is 1. The number of hydrogen-bond acceptors (Lipinski definition) is 4. The first-order valence-electron chi connectivity index (χ1n) is 7.52. The maximum Gasteiger partial charge on any atom is 0.307 e. The van der Waals surface area contributed by atoms with Crippen LogP contribution in [0.25, 0.3) is 0 Å². The van der Waals surface area contributed by atoms with E-state index in [1.807, 2.05) is 44.2 Å². The predicted octanol–water partition coefficient (Wildman–Crippen LogP) is 1.94. The van der Waals surface area contributed by atoms with Crippen molar-refractivity contribution < 1.29 is 9.90 Å². The van der Waals surface area contributed by atoms with Crippen LogP contribution in [0, 0.1) is 13.8 Å². The van der Waals surface area contributed by atoms with E-state index in [9.17, 15) is 14.7 Å². The summed E-state index contributed by atoms with van der Waals surface area (Å²) < 4.78 is 1.62. The van der Waals surface area contributed by atoms with Gasteiger partial charge in [-0.2, -0.15) is 0 Å². The van der Waals surface area contributed by atoms with Crippen molar-refractivity contribution in [1.29, 1.82) is 0 Å². The Morgan fingerprint density at radius 2 is 1.96 bits per heavy atom. The zero-order valence-corrected chi connectivity index (χ0v) is 14.4. The summed E-state index contributed by atoms with van der Waals surface area (Å²) in [6.07, 6.45) is 0.210. The second-order valence-corrected chi connectivity index (χ2v) is 6.99. The van der Waals surface area contributed by atoms with E-state index in [1.54, 1.807) is 11.5 Å². The van der Waals surface area contributed by atoms with Crippen LogP contribution in [-0.4, -0.2) is 22.1 Å². The Bertz CT molecular complexity index is 732. The number of carbonyl (C=O) groups excluding carboxylic acids is 1. The highest BCUT2D eigenvalue weighted by Crippen LogP contribution is 2.19. The molecule has 0 spiro atoms. The number of rotatable bonds is 6. The fourth-order valence-corrected chi connectivity index (χ4v) is 3.18. The van der Waals surface area contributed by atoms with E-state index in [4.69, 9.17) is 0 Å². The lowest BCUT2D eigenvalue weighted by atomic mass is 9.96. The van der Waals surface area contributed by atoms with Crippen LogP contribution in [0.1, 0.15) is 29.5 Å². The Kier molecular flexibility index (Phi) is 5.38. The molecule has 5 nitrogen and oxygen atoms in total. The van der Waals surface area contributed by atoms with E-state index in [1.165, 1.54) is 11.3 Å². The van der Waals surface area contributed by atoms with Gasteiger partial charge in [0, 0.05) is 23.5 Å². The van der Waals surface area contributed by atoms with Crippen LogP contribution < -0.4 is 10.2 Å². The number of aryl methyl sites for hydroxylation is 1. The van der Waals surface area contributed by atoms with E-state index in [0.29, 0.717) is 6.54 Å². The number of nitrogens with zero attached hydrogens (tertiary/aromatic N) is 1. The first-order valence-corrected chi connectivity index (χ1v) is 8.34. The van der Waals surface area contributed by atoms with Gasteiger partial charge in [-0.25, -0.2) is 0 Å². The summed E-state index contributed by atoms with van der Waals surface area (Å²) in [4.78, 5) is 24.7. The quantitative estimate of drug-likeness (QED) is 0.848. The molecule has 0 unspecified atom stereocenters. The summed E-state index contributed by atoms with van der Waals surface area (Å²) in [5.74, 6) is -0.184. The molecular formula is C17H22N2O3S. The van der Waals surface area contributed by atoms with Crippen molar-refractivity contribution in [3.05, 3.63) is 56.1 Å². The van der Waals surface area contributed by atoms with Crippen molar-refractivity contribution >= 4 is 17.2 Å². The van der Waals surface area contributed by atoms with Crippen LogP contribution in [0.3, 0.4) is 0 Å². The third-order valence-corrected chi connectivity index (χ3v) is 4.96. The number of thiazole rings is 1. The molecule has 124 valence electrons. The first kappa shape index (κ1) is 17.4. The molecule has 0 aliphatic heterocycles. The Morgan fingerprint density at radius 1 is 1.30 bits per heavy atom. The van der Waals surface area contributed by atoms with Crippen molar-refractivity contribution in [2.24, 2.45) is 0 Å². The number of nitrogens with one attached hydrogen (secondary N) is 1. The molecule has 0 saturated heterocycles. The predicted molar refractivity (Wildman–Crippen MR) is 91.7 cm³/mol. The molecule has 0 bridgehead atoms. The summed E-state index contributed by atoms with van der Waals surface area (Å²) in [6.45, 7) is 5.93. The zero-order valence-electron chi connectivity index (χ0n) is 13.6. The van der Waals surface area contributed by atoms with Gasteiger partial charge < -0.3 is 15.0 Å². The second kappa shape index (κ2) is 7.10. The highest BCUT2D eigenvalue weighted by Gasteiger charge is 2.23. The van der Waals surface area contributed by atoms with Gasteiger partial charge in [0.15, 0.2) is 0 Å². The number of aromatic nitrogens is 1. The van der Waals surface area contributed by atoms with E-state index in [-0.39, 0.29) is 23.7 Å². The average molecular weight is 334 g/mol. The maximum absolute atomic E-state index is 12.0. The van der Waals surface area contributed by atoms with Crippen molar-refractivity contribution in [3.8, 4) is 0 Å². The minimum absolute atomic E-state index is 0.0379. The molecule has 2 rings (SSSR count). The highest BCUT2D eigenvalue weighted by molar-refractivity contribution is 7.09.